The molecule has 3 N–H and O–H groups in total. The van der Waals surface area contributed by atoms with Crippen molar-refractivity contribution < 1.29 is 9.59 Å². The molecule has 0 fully saturated rings. The van der Waals surface area contributed by atoms with Gasteiger partial charge in [-0.2, -0.15) is 0 Å². The van der Waals surface area contributed by atoms with E-state index < -0.39 is 0 Å². The summed E-state index contributed by atoms with van der Waals surface area (Å²) in [6, 6.07) is 5.51. The average molecular weight is 219 g/mol. The van der Waals surface area contributed by atoms with Crippen molar-refractivity contribution in [2.75, 3.05) is 12.4 Å². The van der Waals surface area contributed by atoms with E-state index in [-0.39, 0.29) is 18.2 Å². The second-order valence-electron chi connectivity index (χ2n) is 3.90. The molecule has 1 heterocycles. The van der Waals surface area contributed by atoms with Crippen LogP contribution < -0.4 is 11.2 Å². The standard InChI is InChI=1S/C11H13N3O2/c1-14(12)11(16)5-7-2-3-9-8(4-7)6-10(15)13-9/h2-4H,5-6,12H2,1H3,(H,13,15). The predicted octanol–water partition coefficient (Wildman–Crippen LogP) is 0.0558. The van der Waals surface area contributed by atoms with Gasteiger partial charge in [0.1, 0.15) is 0 Å². The number of nitrogens with two attached hydrogens (primary N) is 1. The number of hydrogen-bond acceptors (Lipinski definition) is 3. The second-order valence-corrected chi connectivity index (χ2v) is 3.90. The van der Waals surface area contributed by atoms with Crippen molar-refractivity contribution in [1.82, 2.24) is 5.01 Å². The Morgan fingerprint density at radius 3 is 3.00 bits per heavy atom. The quantitative estimate of drug-likeness (QED) is 0.419. The largest absolute Gasteiger partial charge is 0.326 e. The lowest BCUT2D eigenvalue weighted by molar-refractivity contribution is -0.129. The van der Waals surface area contributed by atoms with Crippen molar-refractivity contribution in [2.45, 2.75) is 12.8 Å². The Labute approximate surface area is 93.2 Å². The fourth-order valence-corrected chi connectivity index (χ4v) is 1.69. The Morgan fingerprint density at radius 2 is 2.31 bits per heavy atom. The monoisotopic (exact) mass is 219 g/mol. The summed E-state index contributed by atoms with van der Waals surface area (Å²) < 4.78 is 0. The van der Waals surface area contributed by atoms with Crippen LogP contribution in [0.3, 0.4) is 0 Å². The number of nitrogens with zero attached hydrogens (tertiary/aromatic N) is 1. The van der Waals surface area contributed by atoms with E-state index in [1.165, 1.54) is 7.05 Å². The van der Waals surface area contributed by atoms with Crippen LogP contribution in [0.2, 0.25) is 0 Å². The zero-order valence-corrected chi connectivity index (χ0v) is 8.99. The van der Waals surface area contributed by atoms with Gasteiger partial charge in [-0.05, 0) is 17.2 Å². The molecule has 2 amide bonds. The Kier molecular flexibility index (Phi) is 2.62. The van der Waals surface area contributed by atoms with E-state index in [0.717, 1.165) is 21.8 Å². The molecule has 0 aliphatic carbocycles. The van der Waals surface area contributed by atoms with Crippen molar-refractivity contribution in [2.24, 2.45) is 5.84 Å². The summed E-state index contributed by atoms with van der Waals surface area (Å²) in [4.78, 5) is 22.5. The lowest BCUT2D eigenvalue weighted by Crippen LogP contribution is -2.34. The van der Waals surface area contributed by atoms with Crippen molar-refractivity contribution in [3.05, 3.63) is 29.3 Å². The number of hydrazine groups is 1. The number of hydrogen-bond donors (Lipinski definition) is 2. The highest BCUT2D eigenvalue weighted by molar-refractivity contribution is 5.99. The van der Waals surface area contributed by atoms with Crippen LogP contribution in [0, 0.1) is 0 Å². The van der Waals surface area contributed by atoms with E-state index in [4.69, 9.17) is 5.84 Å². The number of benzene rings is 1. The molecule has 5 heteroatoms. The van der Waals surface area contributed by atoms with Gasteiger partial charge in [0.25, 0.3) is 0 Å². The van der Waals surface area contributed by atoms with Crippen LogP contribution in [0.4, 0.5) is 5.69 Å². The fourth-order valence-electron chi connectivity index (χ4n) is 1.69. The van der Waals surface area contributed by atoms with Gasteiger partial charge >= 0.3 is 0 Å². The minimum atomic E-state index is -0.155. The van der Waals surface area contributed by atoms with E-state index in [1.54, 1.807) is 0 Å². The molecule has 0 saturated heterocycles. The van der Waals surface area contributed by atoms with E-state index in [0.29, 0.717) is 6.42 Å². The zero-order valence-electron chi connectivity index (χ0n) is 8.99. The maximum atomic E-state index is 11.4. The van der Waals surface area contributed by atoms with Gasteiger partial charge in [-0.3, -0.25) is 14.6 Å². The highest BCUT2D eigenvalue weighted by Gasteiger charge is 2.18. The van der Waals surface area contributed by atoms with Gasteiger partial charge in [-0.15, -0.1) is 0 Å². The number of rotatable bonds is 2. The number of anilines is 1. The van der Waals surface area contributed by atoms with Gasteiger partial charge < -0.3 is 5.32 Å². The topological polar surface area (TPSA) is 75.4 Å². The summed E-state index contributed by atoms with van der Waals surface area (Å²) >= 11 is 0. The molecule has 0 saturated carbocycles. The third kappa shape index (κ3) is 2.04. The Bertz CT molecular complexity index is 455. The van der Waals surface area contributed by atoms with Gasteiger partial charge in [0.05, 0.1) is 12.8 Å². The van der Waals surface area contributed by atoms with Crippen LogP contribution in [0.15, 0.2) is 18.2 Å². The van der Waals surface area contributed by atoms with E-state index in [9.17, 15) is 9.59 Å². The number of carbonyl (C=O) groups is 2. The van der Waals surface area contributed by atoms with Gasteiger partial charge in [-0.1, -0.05) is 12.1 Å². The van der Waals surface area contributed by atoms with Gasteiger partial charge in [0, 0.05) is 12.7 Å². The minimum Gasteiger partial charge on any atom is -0.326 e. The molecule has 2 rings (SSSR count). The van der Waals surface area contributed by atoms with Crippen molar-refractivity contribution in [3.8, 4) is 0 Å². The maximum absolute atomic E-state index is 11.4. The molecule has 0 bridgehead atoms. The molecule has 1 aromatic rings. The van der Waals surface area contributed by atoms with E-state index in [1.807, 2.05) is 18.2 Å². The first kappa shape index (κ1) is 10.6. The summed E-state index contributed by atoms with van der Waals surface area (Å²) in [5.74, 6) is 5.18. The molecule has 1 aliphatic heterocycles. The summed E-state index contributed by atoms with van der Waals surface area (Å²) in [5.41, 5.74) is 2.65. The Balaban J connectivity index is 2.17. The Morgan fingerprint density at radius 1 is 1.56 bits per heavy atom. The molecule has 0 unspecified atom stereocenters. The van der Waals surface area contributed by atoms with Crippen LogP contribution in [0.25, 0.3) is 0 Å². The van der Waals surface area contributed by atoms with Crippen LogP contribution in [0.5, 0.6) is 0 Å². The molecule has 0 spiro atoms. The molecule has 0 atom stereocenters. The molecule has 1 aliphatic rings. The number of carbonyl (C=O) groups excluding carboxylic acids is 2. The van der Waals surface area contributed by atoms with Crippen LogP contribution in [-0.4, -0.2) is 23.9 Å². The van der Waals surface area contributed by atoms with Gasteiger partial charge in [0.15, 0.2) is 0 Å². The van der Waals surface area contributed by atoms with Gasteiger partial charge in [-0.25, -0.2) is 5.84 Å². The molecule has 0 aromatic heterocycles. The Hall–Kier alpha value is -1.88. The number of fused-ring (bicyclic) bond motifs is 1. The molecule has 16 heavy (non-hydrogen) atoms. The molecule has 5 nitrogen and oxygen atoms in total. The van der Waals surface area contributed by atoms with Crippen molar-refractivity contribution in [1.29, 1.82) is 0 Å². The fraction of sp³-hybridized carbons (Fsp3) is 0.273. The molecular weight excluding hydrogens is 206 g/mol. The maximum Gasteiger partial charge on any atom is 0.240 e. The van der Waals surface area contributed by atoms with E-state index in [2.05, 4.69) is 5.32 Å². The first-order valence-corrected chi connectivity index (χ1v) is 4.99. The summed E-state index contributed by atoms with van der Waals surface area (Å²) in [6.07, 6.45) is 0.643. The first-order valence-electron chi connectivity index (χ1n) is 4.99. The molecule has 84 valence electrons. The second kappa shape index (κ2) is 3.94. The van der Waals surface area contributed by atoms with Crippen LogP contribution in [-0.2, 0) is 22.4 Å². The van der Waals surface area contributed by atoms with Crippen molar-refractivity contribution in [3.63, 3.8) is 0 Å². The molecular formula is C11H13N3O2. The molecule has 0 radical (unpaired) electrons. The third-order valence-electron chi connectivity index (χ3n) is 2.54. The highest BCUT2D eigenvalue weighted by Crippen LogP contribution is 2.23. The summed E-state index contributed by atoms with van der Waals surface area (Å²) in [5, 5.41) is 3.81. The predicted molar refractivity (Wildman–Crippen MR) is 59.4 cm³/mol. The average Bonchev–Trinajstić information content (AvgIpc) is 2.57. The third-order valence-corrected chi connectivity index (χ3v) is 2.54. The minimum absolute atomic E-state index is 0.00517. The molecule has 1 aromatic carbocycles. The van der Waals surface area contributed by atoms with Gasteiger partial charge in [0.2, 0.25) is 11.8 Å². The number of nitrogens with one attached hydrogen (secondary N) is 1. The smallest absolute Gasteiger partial charge is 0.240 e. The summed E-state index contributed by atoms with van der Waals surface area (Å²) in [6.45, 7) is 0. The highest BCUT2D eigenvalue weighted by atomic mass is 16.2. The zero-order chi connectivity index (χ0) is 11.7. The first-order chi connectivity index (χ1) is 7.56. The van der Waals surface area contributed by atoms with Crippen molar-refractivity contribution >= 4 is 17.5 Å². The van der Waals surface area contributed by atoms with Crippen LogP contribution in [0.1, 0.15) is 11.1 Å². The van der Waals surface area contributed by atoms with E-state index >= 15 is 0 Å². The summed E-state index contributed by atoms with van der Waals surface area (Å²) in [7, 11) is 1.51. The SMILES string of the molecule is CN(N)C(=O)Cc1ccc2c(c1)CC(=O)N2. The van der Waals surface area contributed by atoms with Crippen LogP contribution >= 0.6 is 0 Å². The lowest BCUT2D eigenvalue weighted by atomic mass is 10.1. The lowest BCUT2D eigenvalue weighted by Gasteiger charge is -2.10. The normalized spacial score (nSPS) is 13.2. The number of amides is 2. The number of likely N-dealkylation sites (N-methyl/N-ethyl adjacent to an activating group) is 1.